The highest BCUT2D eigenvalue weighted by molar-refractivity contribution is 8.45. The number of halogens is 1. The van der Waals surface area contributed by atoms with E-state index < -0.39 is 4.92 Å². The van der Waals surface area contributed by atoms with Crippen LogP contribution in [0.2, 0.25) is 5.02 Å². The third-order valence-electron chi connectivity index (χ3n) is 4.14. The van der Waals surface area contributed by atoms with Crippen LogP contribution in [0.1, 0.15) is 11.3 Å². The SMILES string of the molecule is O=C1SC(SCc2ccccc2)=NC1=Cc1ccc(-c2ccc([N+](=O)[O-])cc2Cl)o1. The zero-order chi connectivity index (χ0) is 21.1. The molecule has 150 valence electrons. The number of carbonyl (C=O) groups is 1. The summed E-state index contributed by atoms with van der Waals surface area (Å²) in [5.41, 5.74) is 1.90. The topological polar surface area (TPSA) is 85.7 Å². The Morgan fingerprint density at radius 3 is 2.70 bits per heavy atom. The quantitative estimate of drug-likeness (QED) is 0.250. The maximum atomic E-state index is 12.3. The minimum atomic E-state index is -0.511. The average Bonchev–Trinajstić information content (AvgIpc) is 3.34. The van der Waals surface area contributed by atoms with Gasteiger partial charge in [-0.3, -0.25) is 14.9 Å². The van der Waals surface area contributed by atoms with Crippen LogP contribution >= 0.6 is 35.1 Å². The lowest BCUT2D eigenvalue weighted by Crippen LogP contribution is -1.88. The van der Waals surface area contributed by atoms with E-state index in [0.29, 0.717) is 27.2 Å². The van der Waals surface area contributed by atoms with Crippen LogP contribution in [0.4, 0.5) is 5.69 Å². The van der Waals surface area contributed by atoms with Gasteiger partial charge in [-0.1, -0.05) is 53.7 Å². The summed E-state index contributed by atoms with van der Waals surface area (Å²) >= 11 is 8.77. The first kappa shape index (κ1) is 20.5. The summed E-state index contributed by atoms with van der Waals surface area (Å²) in [6.45, 7) is 0. The van der Waals surface area contributed by atoms with Crippen molar-refractivity contribution in [3.63, 3.8) is 0 Å². The number of aliphatic imine (C=N–C) groups is 1. The summed E-state index contributed by atoms with van der Waals surface area (Å²) in [5, 5.41) is 10.9. The van der Waals surface area contributed by atoms with E-state index in [1.165, 1.54) is 30.0 Å². The Morgan fingerprint density at radius 1 is 1.17 bits per heavy atom. The molecular formula is C21H13ClN2O4S2. The molecule has 0 radical (unpaired) electrons. The number of furan rings is 1. The smallest absolute Gasteiger partial charge is 0.270 e. The molecule has 3 aromatic rings. The first-order valence-corrected chi connectivity index (χ1v) is 10.9. The lowest BCUT2D eigenvalue weighted by Gasteiger charge is -2.00. The molecule has 30 heavy (non-hydrogen) atoms. The van der Waals surface area contributed by atoms with Crippen LogP contribution in [-0.2, 0) is 10.5 Å². The first-order chi connectivity index (χ1) is 14.5. The van der Waals surface area contributed by atoms with Gasteiger partial charge in [0.15, 0.2) is 0 Å². The molecule has 2 heterocycles. The number of nitro groups is 1. The van der Waals surface area contributed by atoms with E-state index in [-0.39, 0.29) is 15.8 Å². The zero-order valence-corrected chi connectivity index (χ0v) is 17.7. The lowest BCUT2D eigenvalue weighted by molar-refractivity contribution is -0.384. The monoisotopic (exact) mass is 456 g/mol. The molecule has 4 rings (SSSR count). The normalized spacial score (nSPS) is 14.9. The molecule has 9 heteroatoms. The first-order valence-electron chi connectivity index (χ1n) is 8.73. The van der Waals surface area contributed by atoms with Gasteiger partial charge in [0, 0.05) is 29.5 Å². The number of hydrogen-bond donors (Lipinski definition) is 0. The Hall–Kier alpha value is -2.81. The largest absolute Gasteiger partial charge is 0.457 e. The van der Waals surface area contributed by atoms with Crippen LogP contribution < -0.4 is 0 Å². The molecule has 1 aliphatic rings. The van der Waals surface area contributed by atoms with Gasteiger partial charge in [-0.25, -0.2) is 4.99 Å². The molecule has 0 saturated carbocycles. The van der Waals surface area contributed by atoms with Crippen LogP contribution in [0.25, 0.3) is 17.4 Å². The molecule has 0 N–H and O–H groups in total. The Labute approximate surface area is 185 Å². The van der Waals surface area contributed by atoms with Crippen LogP contribution in [0.3, 0.4) is 0 Å². The minimum absolute atomic E-state index is 0.0962. The van der Waals surface area contributed by atoms with Crippen LogP contribution in [0, 0.1) is 10.1 Å². The van der Waals surface area contributed by atoms with Gasteiger partial charge in [-0.15, -0.1) is 0 Å². The van der Waals surface area contributed by atoms with Crippen molar-refractivity contribution < 1.29 is 14.1 Å². The Balaban J connectivity index is 1.50. The molecule has 6 nitrogen and oxygen atoms in total. The second-order valence-corrected chi connectivity index (χ2v) is 8.79. The summed E-state index contributed by atoms with van der Waals surface area (Å²) in [7, 11) is 0. The van der Waals surface area contributed by atoms with E-state index in [0.717, 1.165) is 23.1 Å². The van der Waals surface area contributed by atoms with Crippen molar-refractivity contribution >= 4 is 56.4 Å². The van der Waals surface area contributed by atoms with Crippen molar-refractivity contribution in [2.24, 2.45) is 4.99 Å². The Kier molecular flexibility index (Phi) is 6.08. The van der Waals surface area contributed by atoms with Gasteiger partial charge in [0.05, 0.1) is 9.95 Å². The highest BCUT2D eigenvalue weighted by atomic mass is 35.5. The van der Waals surface area contributed by atoms with E-state index in [4.69, 9.17) is 16.0 Å². The van der Waals surface area contributed by atoms with Crippen LogP contribution in [-0.4, -0.2) is 14.4 Å². The fraction of sp³-hybridized carbons (Fsp3) is 0.0476. The summed E-state index contributed by atoms with van der Waals surface area (Å²) in [6, 6.07) is 17.5. The van der Waals surface area contributed by atoms with Crippen molar-refractivity contribution in [1.29, 1.82) is 0 Å². The zero-order valence-electron chi connectivity index (χ0n) is 15.3. The molecule has 0 saturated heterocycles. The predicted octanol–water partition coefficient (Wildman–Crippen LogP) is 6.41. The lowest BCUT2D eigenvalue weighted by atomic mass is 10.1. The number of non-ortho nitro benzene ring substituents is 1. The molecule has 2 aromatic carbocycles. The number of nitro benzene ring substituents is 1. The van der Waals surface area contributed by atoms with Gasteiger partial charge < -0.3 is 4.42 Å². The standard InChI is InChI=1S/C21H13ClN2O4S2/c22-17-10-14(24(26)27)6-8-16(17)19-9-7-15(28-19)11-18-20(25)30-21(23-18)29-12-13-4-2-1-3-5-13/h1-11H,12H2. The van der Waals surface area contributed by atoms with E-state index in [1.54, 1.807) is 18.2 Å². The molecule has 1 aromatic heterocycles. The third kappa shape index (κ3) is 4.67. The summed E-state index contributed by atoms with van der Waals surface area (Å²) in [5.74, 6) is 1.63. The van der Waals surface area contributed by atoms with E-state index >= 15 is 0 Å². The second-order valence-electron chi connectivity index (χ2n) is 6.19. The fourth-order valence-corrected chi connectivity index (χ4v) is 4.76. The molecule has 1 aliphatic heterocycles. The molecule has 0 bridgehead atoms. The third-order valence-corrected chi connectivity index (χ3v) is 6.53. The van der Waals surface area contributed by atoms with Gasteiger partial charge in [0.1, 0.15) is 21.6 Å². The molecule has 0 unspecified atom stereocenters. The number of carbonyl (C=O) groups excluding carboxylic acids is 1. The van der Waals surface area contributed by atoms with Gasteiger partial charge >= 0.3 is 0 Å². The number of nitrogens with zero attached hydrogens (tertiary/aromatic N) is 2. The number of thioether (sulfide) groups is 2. The van der Waals surface area contributed by atoms with Gasteiger partial charge in [-0.05, 0) is 35.5 Å². The maximum Gasteiger partial charge on any atom is 0.270 e. The number of rotatable bonds is 5. The van der Waals surface area contributed by atoms with Gasteiger partial charge in [0.2, 0.25) is 5.12 Å². The summed E-state index contributed by atoms with van der Waals surface area (Å²) in [6.07, 6.45) is 1.58. The highest BCUT2D eigenvalue weighted by Gasteiger charge is 2.23. The summed E-state index contributed by atoms with van der Waals surface area (Å²) < 4.78 is 6.45. The Bertz CT molecular complexity index is 1190. The molecule has 0 spiro atoms. The molecule has 0 aliphatic carbocycles. The van der Waals surface area contributed by atoms with Crippen molar-refractivity contribution in [3.05, 3.63) is 92.8 Å². The van der Waals surface area contributed by atoms with Gasteiger partial charge in [-0.2, -0.15) is 0 Å². The number of benzene rings is 2. The minimum Gasteiger partial charge on any atom is -0.457 e. The van der Waals surface area contributed by atoms with Gasteiger partial charge in [0.25, 0.3) is 5.69 Å². The Morgan fingerprint density at radius 2 is 1.97 bits per heavy atom. The predicted molar refractivity (Wildman–Crippen MR) is 122 cm³/mol. The van der Waals surface area contributed by atoms with Crippen molar-refractivity contribution in [1.82, 2.24) is 0 Å². The molecular weight excluding hydrogens is 444 g/mol. The molecule has 0 fully saturated rings. The fourth-order valence-electron chi connectivity index (χ4n) is 2.70. The summed E-state index contributed by atoms with van der Waals surface area (Å²) in [4.78, 5) is 27.0. The van der Waals surface area contributed by atoms with E-state index in [9.17, 15) is 14.9 Å². The maximum absolute atomic E-state index is 12.3. The molecule has 0 atom stereocenters. The van der Waals surface area contributed by atoms with E-state index in [2.05, 4.69) is 4.99 Å². The number of hydrogen-bond acceptors (Lipinski definition) is 7. The highest BCUT2D eigenvalue weighted by Crippen LogP contribution is 2.35. The van der Waals surface area contributed by atoms with Crippen LogP contribution in [0.5, 0.6) is 0 Å². The van der Waals surface area contributed by atoms with Crippen molar-refractivity contribution in [2.45, 2.75) is 5.75 Å². The van der Waals surface area contributed by atoms with E-state index in [1.807, 2.05) is 30.3 Å². The second kappa shape index (κ2) is 8.91. The van der Waals surface area contributed by atoms with Crippen LogP contribution in [0.15, 0.2) is 75.8 Å². The van der Waals surface area contributed by atoms with Crippen molar-refractivity contribution in [2.75, 3.05) is 0 Å². The average molecular weight is 457 g/mol. The van der Waals surface area contributed by atoms with Crippen molar-refractivity contribution in [3.8, 4) is 11.3 Å². The molecule has 0 amide bonds.